The lowest BCUT2D eigenvalue weighted by atomic mass is 9.74. The molecule has 6 heteroatoms. The van der Waals surface area contributed by atoms with Gasteiger partial charge in [-0.3, -0.25) is 0 Å². The van der Waals surface area contributed by atoms with E-state index in [1.165, 1.54) is 132 Å². The van der Waals surface area contributed by atoms with Crippen LogP contribution in [-0.2, 0) is 22.2 Å². The molecule has 5 rings (SSSR count). The third kappa shape index (κ3) is 9.01. The van der Waals surface area contributed by atoms with Gasteiger partial charge in [0.1, 0.15) is 0 Å². The molecule has 4 aromatic rings. The van der Waals surface area contributed by atoms with Crippen LogP contribution >= 0.6 is 11.6 Å². The molecule has 1 N–H and O–H groups in total. The summed E-state index contributed by atoms with van der Waals surface area (Å²) in [5.41, 5.74) is 8.32. The Balaban J connectivity index is 1.65. The number of benzene rings is 4. The summed E-state index contributed by atoms with van der Waals surface area (Å²) in [6.45, 7) is 5.81. The van der Waals surface area contributed by atoms with Gasteiger partial charge in [0.05, 0.1) is 13.2 Å². The summed E-state index contributed by atoms with van der Waals surface area (Å²) in [5, 5.41) is 14.7. The second-order valence-electron chi connectivity index (χ2n) is 13.0. The van der Waals surface area contributed by atoms with Crippen LogP contribution < -0.4 is 10.9 Å². The van der Waals surface area contributed by atoms with Crippen molar-refractivity contribution in [2.75, 3.05) is 25.6 Å². The molecule has 244 valence electrons. The molecule has 1 heterocycles. The van der Waals surface area contributed by atoms with Crippen molar-refractivity contribution in [1.29, 1.82) is 0 Å². The summed E-state index contributed by atoms with van der Waals surface area (Å²) >= 11 is 1.94. The highest BCUT2D eigenvalue weighted by Gasteiger charge is 2.29. The Bertz CT molecular complexity index is 1520. The molecule has 0 bridgehead atoms. The number of unbranched alkanes of at least 4 members (excludes halogenated alkanes) is 10. The largest absolute Gasteiger partial charge is 0.432 e. The normalized spacial score (nSPS) is 13.3. The van der Waals surface area contributed by atoms with Gasteiger partial charge in [-0.2, -0.15) is 11.6 Å². The van der Waals surface area contributed by atoms with Crippen molar-refractivity contribution in [2.45, 2.75) is 104 Å². The smallest absolute Gasteiger partial charge is 0.397 e. The van der Waals surface area contributed by atoms with E-state index in [4.69, 9.17) is 9.31 Å². The second kappa shape index (κ2) is 18.9. The molecule has 0 aromatic heterocycles. The molecule has 1 fully saturated rings. The number of fused-ring (bicyclic) bond motifs is 2. The van der Waals surface area contributed by atoms with Crippen molar-refractivity contribution in [3.05, 3.63) is 71.8 Å². The van der Waals surface area contributed by atoms with Crippen LogP contribution in [0.25, 0.3) is 32.7 Å². The minimum atomic E-state index is 0.0454. The zero-order chi connectivity index (χ0) is 32.0. The van der Waals surface area contributed by atoms with Crippen molar-refractivity contribution in [3.63, 3.8) is 0 Å². The van der Waals surface area contributed by atoms with Gasteiger partial charge in [0.2, 0.25) is 0 Å². The number of aliphatic hydroxyl groups excluding tert-OH is 1. The monoisotopic (exact) mass is 636 g/mol. The van der Waals surface area contributed by atoms with Crippen LogP contribution in [-0.4, -0.2) is 44.4 Å². The summed E-state index contributed by atoms with van der Waals surface area (Å²) in [6.07, 6.45) is 17.7. The van der Waals surface area contributed by atoms with Gasteiger partial charge in [-0.25, -0.2) is 0 Å². The van der Waals surface area contributed by atoms with Gasteiger partial charge in [-0.15, -0.1) is 0 Å². The van der Waals surface area contributed by atoms with Crippen LogP contribution in [0, 0.1) is 0 Å². The first kappa shape index (κ1) is 35.1. The van der Waals surface area contributed by atoms with E-state index in [1.807, 2.05) is 11.6 Å². The fourth-order valence-electron chi connectivity index (χ4n) is 7.25. The molecular formula is C40H54B2O3S. The lowest BCUT2D eigenvalue weighted by molar-refractivity contribution is 0.209. The van der Waals surface area contributed by atoms with Gasteiger partial charge in [0.15, 0.2) is 0 Å². The predicted octanol–water partition coefficient (Wildman–Crippen LogP) is 8.91. The minimum absolute atomic E-state index is 0.0454. The maximum absolute atomic E-state index is 9.44. The second-order valence-corrected chi connectivity index (χ2v) is 14.2. The van der Waals surface area contributed by atoms with Gasteiger partial charge in [0.25, 0.3) is 0 Å². The van der Waals surface area contributed by atoms with Gasteiger partial charge >= 0.3 is 13.7 Å². The van der Waals surface area contributed by atoms with Crippen LogP contribution in [0.1, 0.15) is 102 Å². The van der Waals surface area contributed by atoms with Crippen molar-refractivity contribution in [2.24, 2.45) is 0 Å². The minimum Gasteiger partial charge on any atom is -0.432 e. The maximum atomic E-state index is 9.44. The molecule has 0 unspecified atom stereocenters. The van der Waals surface area contributed by atoms with Crippen molar-refractivity contribution < 1.29 is 14.4 Å². The van der Waals surface area contributed by atoms with Crippen LogP contribution in [0.15, 0.2) is 60.7 Å². The molecule has 0 saturated carbocycles. The first-order valence-corrected chi connectivity index (χ1v) is 19.3. The lowest BCUT2D eigenvalue weighted by Crippen LogP contribution is -2.28. The van der Waals surface area contributed by atoms with Gasteiger partial charge in [-0.05, 0) is 80.4 Å². The van der Waals surface area contributed by atoms with Crippen molar-refractivity contribution in [3.8, 4) is 11.1 Å². The maximum Gasteiger partial charge on any atom is 0.397 e. The van der Waals surface area contributed by atoms with Gasteiger partial charge < -0.3 is 14.4 Å². The Kier molecular flexibility index (Phi) is 14.4. The van der Waals surface area contributed by atoms with E-state index in [0.29, 0.717) is 14.1 Å². The zero-order valence-corrected chi connectivity index (χ0v) is 29.3. The topological polar surface area (TPSA) is 38.7 Å². The fraction of sp³-hybridized carbons (Fsp3) is 0.500. The Hall–Kier alpha value is -2.24. The summed E-state index contributed by atoms with van der Waals surface area (Å²) in [7, 11) is 0.519. The van der Waals surface area contributed by atoms with E-state index >= 15 is 0 Å². The number of hydrogen-bond donors (Lipinski definition) is 1. The fourth-order valence-corrected chi connectivity index (χ4v) is 8.23. The van der Waals surface area contributed by atoms with Crippen molar-refractivity contribution in [1.82, 2.24) is 0 Å². The molecule has 1 aliphatic rings. The predicted molar refractivity (Wildman–Crippen MR) is 205 cm³/mol. The van der Waals surface area contributed by atoms with E-state index in [0.717, 1.165) is 25.2 Å². The lowest BCUT2D eigenvalue weighted by Gasteiger charge is -2.23. The summed E-state index contributed by atoms with van der Waals surface area (Å²) in [4.78, 5) is 0. The Morgan fingerprint density at radius 3 is 1.85 bits per heavy atom. The molecule has 1 aliphatic heterocycles. The van der Waals surface area contributed by atoms with Gasteiger partial charge in [0, 0.05) is 12.4 Å². The number of aryl methyl sites for hydroxylation is 2. The van der Waals surface area contributed by atoms with E-state index in [2.05, 4.69) is 74.5 Å². The van der Waals surface area contributed by atoms with Crippen molar-refractivity contribution >= 4 is 57.8 Å². The highest BCUT2D eigenvalue weighted by atomic mass is 32.2. The number of hydrogen-bond acceptors (Lipinski definition) is 4. The van der Waals surface area contributed by atoms with E-state index in [1.54, 1.807) is 0 Å². The average molecular weight is 637 g/mol. The van der Waals surface area contributed by atoms with E-state index in [-0.39, 0.29) is 12.8 Å². The molecule has 0 amide bonds. The first-order valence-electron chi connectivity index (χ1n) is 18.3. The molecule has 0 atom stereocenters. The van der Waals surface area contributed by atoms with E-state index in [9.17, 15) is 5.11 Å². The average Bonchev–Trinajstić information content (AvgIpc) is 3.63. The van der Waals surface area contributed by atoms with Crippen LogP contribution in [0.3, 0.4) is 0 Å². The Morgan fingerprint density at radius 1 is 0.717 bits per heavy atom. The number of aliphatic hydroxyl groups is 1. The van der Waals surface area contributed by atoms with Crippen LogP contribution in [0.2, 0.25) is 0 Å². The highest BCUT2D eigenvalue weighted by Crippen LogP contribution is 2.40. The van der Waals surface area contributed by atoms with Crippen LogP contribution in [0.4, 0.5) is 0 Å². The highest BCUT2D eigenvalue weighted by molar-refractivity contribution is 8.26. The quantitative estimate of drug-likeness (QED) is 0.0777. The summed E-state index contributed by atoms with van der Waals surface area (Å²) in [5.74, 6) is 1.06. The summed E-state index contributed by atoms with van der Waals surface area (Å²) < 4.78 is 12.2. The van der Waals surface area contributed by atoms with Crippen LogP contribution in [0.5, 0.6) is 0 Å². The molecule has 4 aromatic carbocycles. The molecular weight excluding hydrogens is 582 g/mol. The molecule has 3 nitrogen and oxygen atoms in total. The third-order valence-electron chi connectivity index (χ3n) is 9.59. The number of rotatable bonds is 20. The van der Waals surface area contributed by atoms with E-state index < -0.39 is 0 Å². The zero-order valence-electron chi connectivity index (χ0n) is 28.5. The molecule has 0 aliphatic carbocycles. The molecule has 1 saturated heterocycles. The van der Waals surface area contributed by atoms with Gasteiger partial charge in [-0.1, -0.05) is 139 Å². The third-order valence-corrected chi connectivity index (χ3v) is 10.7. The standard InChI is InChI=1S/C40H54B2O3S/c1-3-5-7-9-11-13-19-31-29-37(41-44-26-25-43)33-21-15-17-23-35(33)39(31)40-32(20-14-12-10-8-6-4-2)30-38(42-45-27-28-46-42)34-22-16-18-24-36(34)40/h15-18,21-24,29-30,41,43H,3-14,19-20,25-28H2,1-2H3. The SMILES string of the molecule is CCCCCCCCc1cc(BOCCO)c2ccccc2c1-c1c(CCCCCCCC)cc(B2OCCS2)c2ccccc12. The Labute approximate surface area is 283 Å². The first-order chi connectivity index (χ1) is 22.8. The molecule has 0 spiro atoms. The Morgan fingerprint density at radius 2 is 1.26 bits per heavy atom. The summed E-state index contributed by atoms with van der Waals surface area (Å²) in [6, 6.07) is 23.0. The molecule has 0 radical (unpaired) electrons. The molecule has 46 heavy (non-hydrogen) atoms.